The Bertz CT molecular complexity index is 1280. The van der Waals surface area contributed by atoms with Gasteiger partial charge in [-0.3, -0.25) is 0 Å². The number of rotatable bonds is 10. The van der Waals surface area contributed by atoms with E-state index in [9.17, 15) is 9.59 Å². The molecule has 1 aliphatic carbocycles. The predicted octanol–water partition coefficient (Wildman–Crippen LogP) is 7.23. The highest BCUT2D eigenvalue weighted by Crippen LogP contribution is 2.42. The van der Waals surface area contributed by atoms with Gasteiger partial charge in [0.15, 0.2) is 0 Å². The molecule has 1 aliphatic heterocycles. The number of anilines is 1. The van der Waals surface area contributed by atoms with E-state index in [0.29, 0.717) is 18.4 Å². The summed E-state index contributed by atoms with van der Waals surface area (Å²) in [6.45, 7) is 6.07. The van der Waals surface area contributed by atoms with Crippen LogP contribution in [0.1, 0.15) is 56.1 Å². The molecule has 7 nitrogen and oxygen atoms in total. The SMILES string of the molecule is CCCN(C(=O)OCc1ccccc1)C1CCN(CC2CC(N(C)C(=O)Nc3ccccc3)CC2c2ccccc2)CC1. The maximum Gasteiger partial charge on any atom is 0.410 e. The number of benzene rings is 3. The van der Waals surface area contributed by atoms with Crippen LogP contribution >= 0.6 is 0 Å². The number of hydrogen-bond donors (Lipinski definition) is 1. The number of likely N-dealkylation sites (tertiary alicyclic amines) is 1. The first-order chi connectivity index (χ1) is 21.0. The number of ether oxygens (including phenoxy) is 1. The Morgan fingerprint density at radius 2 is 1.49 bits per heavy atom. The van der Waals surface area contributed by atoms with Crippen molar-refractivity contribution >= 4 is 17.8 Å². The smallest absolute Gasteiger partial charge is 0.410 e. The zero-order valence-electron chi connectivity index (χ0n) is 25.6. The van der Waals surface area contributed by atoms with Gasteiger partial charge in [0.2, 0.25) is 0 Å². The van der Waals surface area contributed by atoms with Gasteiger partial charge in [0, 0.05) is 51.0 Å². The first kappa shape index (κ1) is 30.6. The maximum atomic E-state index is 13.1. The van der Waals surface area contributed by atoms with Gasteiger partial charge in [-0.25, -0.2) is 9.59 Å². The van der Waals surface area contributed by atoms with Crippen LogP contribution in [0.3, 0.4) is 0 Å². The van der Waals surface area contributed by atoms with E-state index in [1.807, 2.05) is 77.5 Å². The molecule has 1 saturated heterocycles. The van der Waals surface area contributed by atoms with Crippen molar-refractivity contribution in [3.05, 3.63) is 102 Å². The van der Waals surface area contributed by atoms with Crippen LogP contribution in [0.15, 0.2) is 91.0 Å². The van der Waals surface area contributed by atoms with Crippen LogP contribution in [0.2, 0.25) is 0 Å². The van der Waals surface area contributed by atoms with Crippen molar-refractivity contribution in [3.63, 3.8) is 0 Å². The first-order valence-corrected chi connectivity index (χ1v) is 15.8. The number of nitrogens with one attached hydrogen (secondary N) is 1. The average Bonchev–Trinajstić information content (AvgIpc) is 3.47. The normalized spacial score (nSPS) is 20.8. The number of hydrogen-bond acceptors (Lipinski definition) is 4. The third-order valence-corrected chi connectivity index (χ3v) is 9.19. The molecule has 228 valence electrons. The minimum absolute atomic E-state index is 0.0559. The lowest BCUT2D eigenvalue weighted by atomic mass is 9.88. The van der Waals surface area contributed by atoms with E-state index in [0.717, 1.165) is 69.5 Å². The van der Waals surface area contributed by atoms with Crippen LogP contribution in [0, 0.1) is 5.92 Å². The summed E-state index contributed by atoms with van der Waals surface area (Å²) in [5.74, 6) is 0.860. The number of carbonyl (C=O) groups excluding carboxylic acids is 2. The molecule has 1 saturated carbocycles. The number of amides is 3. The van der Waals surface area contributed by atoms with Crippen LogP contribution in [0.5, 0.6) is 0 Å². The van der Waals surface area contributed by atoms with Crippen LogP contribution in [0.25, 0.3) is 0 Å². The fourth-order valence-electron chi connectivity index (χ4n) is 6.83. The molecule has 3 aromatic rings. The van der Waals surface area contributed by atoms with Gasteiger partial charge in [-0.1, -0.05) is 85.8 Å². The molecule has 43 heavy (non-hydrogen) atoms. The van der Waals surface area contributed by atoms with Crippen molar-refractivity contribution in [3.8, 4) is 0 Å². The highest BCUT2D eigenvalue weighted by molar-refractivity contribution is 5.89. The summed E-state index contributed by atoms with van der Waals surface area (Å²) in [6, 6.07) is 30.6. The summed E-state index contributed by atoms with van der Waals surface area (Å²) < 4.78 is 5.72. The van der Waals surface area contributed by atoms with Crippen molar-refractivity contribution in [2.75, 3.05) is 38.5 Å². The van der Waals surface area contributed by atoms with E-state index < -0.39 is 0 Å². The Balaban J connectivity index is 1.18. The van der Waals surface area contributed by atoms with Crippen LogP contribution in [-0.4, -0.2) is 72.1 Å². The molecule has 3 amide bonds. The molecule has 5 rings (SSSR count). The summed E-state index contributed by atoms with van der Waals surface area (Å²) in [7, 11) is 1.93. The number of urea groups is 1. The van der Waals surface area contributed by atoms with Crippen LogP contribution < -0.4 is 5.32 Å². The number of carbonyl (C=O) groups is 2. The highest BCUT2D eigenvalue weighted by Gasteiger charge is 2.40. The third kappa shape index (κ3) is 8.17. The van der Waals surface area contributed by atoms with Crippen molar-refractivity contribution in [1.82, 2.24) is 14.7 Å². The minimum Gasteiger partial charge on any atom is -0.445 e. The molecular weight excluding hydrogens is 536 g/mol. The van der Waals surface area contributed by atoms with Gasteiger partial charge in [-0.15, -0.1) is 0 Å². The molecule has 3 unspecified atom stereocenters. The Labute approximate surface area is 256 Å². The molecule has 2 fully saturated rings. The highest BCUT2D eigenvalue weighted by atomic mass is 16.6. The number of nitrogens with zero attached hydrogens (tertiary/aromatic N) is 3. The second kappa shape index (κ2) is 15.1. The lowest BCUT2D eigenvalue weighted by Crippen LogP contribution is -2.48. The van der Waals surface area contributed by atoms with Gasteiger partial charge in [-0.05, 0) is 67.2 Å². The standard InChI is InChI=1S/C36H46N4O3/c1-3-21-40(36(42)43-27-28-13-7-4-8-14-28)32-19-22-39(23-20-32)26-30-24-33(25-34(30)29-15-9-5-10-16-29)38(2)35(41)37-31-17-11-6-12-18-31/h4-18,30,32-34H,3,19-27H2,1-2H3,(H,37,41). The van der Waals surface area contributed by atoms with E-state index in [-0.39, 0.29) is 24.2 Å². The Morgan fingerprint density at radius 3 is 2.14 bits per heavy atom. The van der Waals surface area contributed by atoms with E-state index in [4.69, 9.17) is 4.74 Å². The molecule has 7 heteroatoms. The van der Waals surface area contributed by atoms with Crippen molar-refractivity contribution in [2.24, 2.45) is 5.92 Å². The van der Waals surface area contributed by atoms with Crippen LogP contribution in [-0.2, 0) is 11.3 Å². The number of para-hydroxylation sites is 1. The average molecular weight is 583 g/mol. The van der Waals surface area contributed by atoms with Gasteiger partial charge in [0.25, 0.3) is 0 Å². The zero-order valence-corrected chi connectivity index (χ0v) is 25.6. The van der Waals surface area contributed by atoms with Gasteiger partial charge in [0.1, 0.15) is 6.61 Å². The summed E-state index contributed by atoms with van der Waals surface area (Å²) in [6.07, 6.45) is 4.54. The molecule has 0 bridgehead atoms. The monoisotopic (exact) mass is 582 g/mol. The molecule has 1 N–H and O–H groups in total. The predicted molar refractivity (Wildman–Crippen MR) is 172 cm³/mol. The zero-order chi connectivity index (χ0) is 30.0. The third-order valence-electron chi connectivity index (χ3n) is 9.19. The molecule has 0 aromatic heterocycles. The Kier molecular flexibility index (Phi) is 10.7. The van der Waals surface area contributed by atoms with Crippen molar-refractivity contribution in [2.45, 2.75) is 63.6 Å². The molecule has 3 atom stereocenters. The fraction of sp³-hybridized carbons (Fsp3) is 0.444. The summed E-state index contributed by atoms with van der Waals surface area (Å²) in [5, 5.41) is 3.06. The van der Waals surface area contributed by atoms with Crippen LogP contribution in [0.4, 0.5) is 15.3 Å². The fourth-order valence-corrected chi connectivity index (χ4v) is 6.83. The second-order valence-corrected chi connectivity index (χ2v) is 12.1. The maximum absolute atomic E-state index is 13.1. The molecule has 1 heterocycles. The molecule has 0 radical (unpaired) electrons. The molecule has 2 aliphatic rings. The topological polar surface area (TPSA) is 65.1 Å². The van der Waals surface area contributed by atoms with E-state index in [2.05, 4.69) is 47.5 Å². The van der Waals surface area contributed by atoms with E-state index in [1.54, 1.807) is 0 Å². The van der Waals surface area contributed by atoms with Crippen molar-refractivity contribution < 1.29 is 14.3 Å². The van der Waals surface area contributed by atoms with Gasteiger partial charge in [0.05, 0.1) is 0 Å². The Morgan fingerprint density at radius 1 is 0.860 bits per heavy atom. The molecule has 0 spiro atoms. The lowest BCUT2D eigenvalue weighted by Gasteiger charge is -2.39. The largest absolute Gasteiger partial charge is 0.445 e. The van der Waals surface area contributed by atoms with E-state index in [1.165, 1.54) is 5.56 Å². The van der Waals surface area contributed by atoms with Gasteiger partial charge < -0.3 is 24.8 Å². The first-order valence-electron chi connectivity index (χ1n) is 15.8. The lowest BCUT2D eigenvalue weighted by molar-refractivity contribution is 0.0576. The summed E-state index contributed by atoms with van der Waals surface area (Å²) in [4.78, 5) is 32.7. The Hall–Kier alpha value is -3.84. The quantitative estimate of drug-likeness (QED) is 0.274. The number of piperidine rings is 1. The molecule has 3 aromatic carbocycles. The summed E-state index contributed by atoms with van der Waals surface area (Å²) >= 11 is 0. The minimum atomic E-state index is -0.205. The van der Waals surface area contributed by atoms with Crippen molar-refractivity contribution in [1.29, 1.82) is 0 Å². The molecular formula is C36H46N4O3. The van der Waals surface area contributed by atoms with Gasteiger partial charge >= 0.3 is 12.1 Å². The van der Waals surface area contributed by atoms with Gasteiger partial charge in [-0.2, -0.15) is 0 Å². The van der Waals surface area contributed by atoms with E-state index >= 15 is 0 Å². The second-order valence-electron chi connectivity index (χ2n) is 12.1. The summed E-state index contributed by atoms with van der Waals surface area (Å²) in [5.41, 5.74) is 3.18.